The van der Waals surface area contributed by atoms with Gasteiger partial charge in [0, 0.05) is 13.3 Å². The van der Waals surface area contributed by atoms with Crippen molar-refractivity contribution in [3.8, 4) is 0 Å². The summed E-state index contributed by atoms with van der Waals surface area (Å²) in [6.07, 6.45) is 12.2. The van der Waals surface area contributed by atoms with Gasteiger partial charge < -0.3 is 9.47 Å². The summed E-state index contributed by atoms with van der Waals surface area (Å²) in [5.74, 6) is 3.68. The summed E-state index contributed by atoms with van der Waals surface area (Å²) < 4.78 is 11.7. The van der Waals surface area contributed by atoms with Gasteiger partial charge in [-0.2, -0.15) is 0 Å². The number of esters is 1. The van der Waals surface area contributed by atoms with Crippen molar-refractivity contribution in [2.75, 3.05) is 0 Å². The summed E-state index contributed by atoms with van der Waals surface area (Å²) in [5.41, 5.74) is 1.91. The number of allylic oxidation sites excluding steroid dienone is 1. The molecule has 9 atom stereocenters. The summed E-state index contributed by atoms with van der Waals surface area (Å²) in [4.78, 5) is 23.9. The van der Waals surface area contributed by atoms with Crippen LogP contribution in [-0.2, 0) is 19.1 Å². The van der Waals surface area contributed by atoms with Crippen LogP contribution < -0.4 is 0 Å². The molecule has 0 aromatic heterocycles. The molecule has 5 aliphatic rings. The van der Waals surface area contributed by atoms with E-state index in [-0.39, 0.29) is 29.2 Å². The summed E-state index contributed by atoms with van der Waals surface area (Å²) >= 11 is 0. The Morgan fingerprint density at radius 2 is 1.82 bits per heavy atom. The average Bonchev–Trinajstić information content (AvgIpc) is 3.21. The summed E-state index contributed by atoms with van der Waals surface area (Å²) in [6.45, 7) is 13.2. The molecule has 0 amide bonds. The number of rotatable bonds is 5. The average molecular weight is 457 g/mol. The van der Waals surface area contributed by atoms with Crippen molar-refractivity contribution < 1.29 is 19.1 Å². The Morgan fingerprint density at radius 3 is 2.48 bits per heavy atom. The maximum absolute atomic E-state index is 12.1. The zero-order valence-electron chi connectivity index (χ0n) is 21.6. The molecule has 1 aliphatic heterocycles. The Hall–Kier alpha value is -1.16. The molecule has 0 radical (unpaired) electrons. The highest BCUT2D eigenvalue weighted by molar-refractivity contribution is 5.91. The monoisotopic (exact) mass is 456 g/mol. The second kappa shape index (κ2) is 7.93. The van der Waals surface area contributed by atoms with Crippen molar-refractivity contribution in [2.45, 2.75) is 117 Å². The number of epoxide rings is 1. The third-order valence-corrected chi connectivity index (χ3v) is 11.0. The third kappa shape index (κ3) is 3.83. The van der Waals surface area contributed by atoms with Crippen molar-refractivity contribution in [2.24, 2.45) is 40.4 Å². The number of hydrogen-bond acceptors (Lipinski definition) is 4. The maximum atomic E-state index is 12.1. The van der Waals surface area contributed by atoms with Crippen LogP contribution in [0.3, 0.4) is 0 Å². The predicted molar refractivity (Wildman–Crippen MR) is 128 cm³/mol. The van der Waals surface area contributed by atoms with Gasteiger partial charge >= 0.3 is 5.97 Å². The Labute approximate surface area is 200 Å². The first-order valence-electron chi connectivity index (χ1n) is 13.5. The van der Waals surface area contributed by atoms with E-state index in [9.17, 15) is 9.59 Å². The number of hydrogen-bond donors (Lipinski definition) is 0. The van der Waals surface area contributed by atoms with Crippen molar-refractivity contribution in [1.82, 2.24) is 0 Å². The summed E-state index contributed by atoms with van der Waals surface area (Å²) in [5, 5.41) is 0. The molecule has 0 N–H and O–H groups in total. The van der Waals surface area contributed by atoms with Crippen molar-refractivity contribution in [3.63, 3.8) is 0 Å². The fraction of sp³-hybridized carbons (Fsp3) is 0.862. The van der Waals surface area contributed by atoms with Crippen LogP contribution in [0.15, 0.2) is 11.6 Å². The molecule has 0 aromatic carbocycles. The Balaban J connectivity index is 1.32. The molecule has 0 spiro atoms. The molecule has 0 aromatic rings. The van der Waals surface area contributed by atoms with E-state index in [1.54, 1.807) is 0 Å². The van der Waals surface area contributed by atoms with Gasteiger partial charge in [-0.1, -0.05) is 26.3 Å². The minimum Gasteiger partial charge on any atom is -0.460 e. The first-order chi connectivity index (χ1) is 15.5. The first kappa shape index (κ1) is 23.6. The Bertz CT molecular complexity index is 858. The van der Waals surface area contributed by atoms with Crippen LogP contribution in [0.1, 0.15) is 99.3 Å². The van der Waals surface area contributed by atoms with E-state index in [1.807, 2.05) is 6.08 Å². The first-order valence-corrected chi connectivity index (χ1v) is 13.5. The fourth-order valence-corrected chi connectivity index (χ4v) is 9.33. The SMILES string of the molecule is CC(=O)OC(CC(C)C1CCC2C3CCC4=CC(=O)CCC4(C)C3CCC12C)C1OC1(C)C. The standard InChI is InChI=1S/C29H44O4/c1-17(15-25(32-18(2)30)26-27(3,4)33-26)22-9-10-23-21-8-7-19-16-20(31)11-13-28(19,5)24(21)12-14-29(22,23)6/h16-17,21-26H,7-15H2,1-6H3. The molecule has 33 heavy (non-hydrogen) atoms. The lowest BCUT2D eigenvalue weighted by atomic mass is 9.46. The fourth-order valence-electron chi connectivity index (χ4n) is 9.33. The number of fused-ring (bicyclic) bond motifs is 5. The van der Waals surface area contributed by atoms with E-state index >= 15 is 0 Å². The minimum absolute atomic E-state index is 0.0297. The van der Waals surface area contributed by atoms with Gasteiger partial charge in [-0.3, -0.25) is 9.59 Å². The number of carbonyl (C=O) groups is 2. The molecule has 1 heterocycles. The van der Waals surface area contributed by atoms with E-state index in [0.717, 1.165) is 43.4 Å². The van der Waals surface area contributed by atoms with Gasteiger partial charge in [0.25, 0.3) is 0 Å². The zero-order valence-corrected chi connectivity index (χ0v) is 21.6. The molecule has 184 valence electrons. The van der Waals surface area contributed by atoms with Crippen LogP contribution in [0.2, 0.25) is 0 Å². The van der Waals surface area contributed by atoms with Crippen LogP contribution in [0.5, 0.6) is 0 Å². The van der Waals surface area contributed by atoms with Gasteiger partial charge in [-0.25, -0.2) is 0 Å². The lowest BCUT2D eigenvalue weighted by Crippen LogP contribution is -2.51. The van der Waals surface area contributed by atoms with Crippen molar-refractivity contribution in [1.29, 1.82) is 0 Å². The normalized spacial score (nSPS) is 45.2. The van der Waals surface area contributed by atoms with Gasteiger partial charge in [-0.15, -0.1) is 0 Å². The Kier molecular flexibility index (Phi) is 5.67. The number of ether oxygens (including phenoxy) is 2. The topological polar surface area (TPSA) is 55.9 Å². The highest BCUT2D eigenvalue weighted by Crippen LogP contribution is 2.67. The lowest BCUT2D eigenvalue weighted by Gasteiger charge is -2.58. The highest BCUT2D eigenvalue weighted by atomic mass is 16.6. The van der Waals surface area contributed by atoms with Crippen molar-refractivity contribution >= 4 is 11.8 Å². The van der Waals surface area contributed by atoms with E-state index in [1.165, 1.54) is 44.6 Å². The van der Waals surface area contributed by atoms with Crippen LogP contribution in [-0.4, -0.2) is 29.6 Å². The zero-order chi connectivity index (χ0) is 23.8. The molecule has 3 saturated carbocycles. The van der Waals surface area contributed by atoms with E-state index in [2.05, 4.69) is 34.6 Å². The molecule has 9 unspecified atom stereocenters. The predicted octanol–water partition coefficient (Wildman–Crippen LogP) is 6.27. The second-order valence-corrected chi connectivity index (χ2v) is 13.2. The third-order valence-electron chi connectivity index (χ3n) is 11.0. The molecular weight excluding hydrogens is 412 g/mol. The van der Waals surface area contributed by atoms with E-state index in [4.69, 9.17) is 9.47 Å². The highest BCUT2D eigenvalue weighted by Gasteiger charge is 2.60. The summed E-state index contributed by atoms with van der Waals surface area (Å²) in [6, 6.07) is 0. The van der Waals surface area contributed by atoms with Crippen molar-refractivity contribution in [3.05, 3.63) is 11.6 Å². The molecule has 4 aliphatic carbocycles. The van der Waals surface area contributed by atoms with Crippen LogP contribution in [0.4, 0.5) is 0 Å². The molecule has 1 saturated heterocycles. The lowest BCUT2D eigenvalue weighted by molar-refractivity contribution is -0.148. The minimum atomic E-state index is -0.195. The van der Waals surface area contributed by atoms with Crippen LogP contribution in [0.25, 0.3) is 0 Å². The maximum Gasteiger partial charge on any atom is 0.302 e. The Morgan fingerprint density at radius 1 is 1.09 bits per heavy atom. The van der Waals surface area contributed by atoms with E-state index in [0.29, 0.717) is 23.0 Å². The number of ketones is 1. The quantitative estimate of drug-likeness (QED) is 0.361. The largest absolute Gasteiger partial charge is 0.460 e. The van der Waals surface area contributed by atoms with Gasteiger partial charge in [0.05, 0.1) is 5.60 Å². The molecular formula is C29H44O4. The van der Waals surface area contributed by atoms with Gasteiger partial charge in [0.1, 0.15) is 12.2 Å². The molecule has 4 fully saturated rings. The van der Waals surface area contributed by atoms with Crippen LogP contribution in [0, 0.1) is 40.4 Å². The smallest absolute Gasteiger partial charge is 0.302 e. The van der Waals surface area contributed by atoms with Crippen LogP contribution >= 0.6 is 0 Å². The van der Waals surface area contributed by atoms with Gasteiger partial charge in [0.2, 0.25) is 0 Å². The second-order valence-electron chi connectivity index (χ2n) is 13.2. The number of carbonyl (C=O) groups excluding carboxylic acids is 2. The summed E-state index contributed by atoms with van der Waals surface area (Å²) in [7, 11) is 0. The molecule has 0 bridgehead atoms. The molecule has 4 nitrogen and oxygen atoms in total. The molecule has 4 heteroatoms. The van der Waals surface area contributed by atoms with Gasteiger partial charge in [0.15, 0.2) is 5.78 Å². The van der Waals surface area contributed by atoms with E-state index < -0.39 is 0 Å². The molecule has 5 rings (SSSR count). The van der Waals surface area contributed by atoms with Gasteiger partial charge in [-0.05, 0) is 112 Å².